The Morgan fingerprint density at radius 3 is 2.36 bits per heavy atom. The van der Waals surface area contributed by atoms with Crippen molar-refractivity contribution in [1.29, 1.82) is 0 Å². The van der Waals surface area contributed by atoms with Crippen molar-refractivity contribution >= 4 is 18.0 Å². The van der Waals surface area contributed by atoms with E-state index in [-0.39, 0.29) is 24.5 Å². The lowest BCUT2D eigenvalue weighted by Gasteiger charge is -2.08. The minimum Gasteiger partial charge on any atom is -0.507 e. The number of hydrogen-bond acceptors (Lipinski definition) is 5. The van der Waals surface area contributed by atoms with Crippen LogP contribution in [-0.4, -0.2) is 30.3 Å². The van der Waals surface area contributed by atoms with Crippen LogP contribution in [-0.2, 0) is 19.1 Å². The molecule has 0 radical (unpaired) electrons. The van der Waals surface area contributed by atoms with Gasteiger partial charge in [-0.25, -0.2) is 9.59 Å². The van der Waals surface area contributed by atoms with E-state index in [0.717, 1.165) is 6.08 Å². The Hall–Kier alpha value is -2.56. The molecule has 0 aliphatic carbocycles. The first-order valence-corrected chi connectivity index (χ1v) is 7.01. The van der Waals surface area contributed by atoms with E-state index < -0.39 is 11.9 Å². The van der Waals surface area contributed by atoms with E-state index in [4.69, 9.17) is 9.47 Å². The number of phenols is 1. The lowest BCUT2D eigenvalue weighted by molar-refractivity contribution is -0.140. The second-order valence-electron chi connectivity index (χ2n) is 4.42. The fourth-order valence-corrected chi connectivity index (χ4v) is 1.76. The van der Waals surface area contributed by atoms with Gasteiger partial charge in [-0.1, -0.05) is 18.2 Å². The summed E-state index contributed by atoms with van der Waals surface area (Å²) in [4.78, 5) is 23.6. The van der Waals surface area contributed by atoms with Crippen molar-refractivity contribution < 1.29 is 24.2 Å². The van der Waals surface area contributed by atoms with Crippen molar-refractivity contribution in [3.63, 3.8) is 0 Å². The fraction of sp³-hybridized carbons (Fsp3) is 0.294. The van der Waals surface area contributed by atoms with Crippen LogP contribution in [0.2, 0.25) is 0 Å². The van der Waals surface area contributed by atoms with E-state index in [1.807, 2.05) is 0 Å². The molecule has 0 aromatic heterocycles. The molecule has 1 N–H and O–H groups in total. The summed E-state index contributed by atoms with van der Waals surface area (Å²) in [5.41, 5.74) is 1.13. The summed E-state index contributed by atoms with van der Waals surface area (Å²) in [7, 11) is 0. The average molecular weight is 304 g/mol. The number of hydrogen-bond donors (Lipinski definition) is 1. The molecule has 0 saturated heterocycles. The van der Waals surface area contributed by atoms with Gasteiger partial charge in [0, 0.05) is 11.6 Å². The predicted molar refractivity (Wildman–Crippen MR) is 83.1 cm³/mol. The molecular weight excluding hydrogens is 284 g/mol. The molecule has 0 atom stereocenters. The fourth-order valence-electron chi connectivity index (χ4n) is 1.76. The number of aromatic hydroxyl groups is 1. The predicted octanol–water partition coefficient (Wildman–Crippen LogP) is 2.85. The normalized spacial score (nSPS) is 12.0. The van der Waals surface area contributed by atoms with E-state index >= 15 is 0 Å². The van der Waals surface area contributed by atoms with Crippen LogP contribution in [0.1, 0.15) is 26.3 Å². The van der Waals surface area contributed by atoms with Crippen LogP contribution in [0.3, 0.4) is 0 Å². The molecule has 22 heavy (non-hydrogen) atoms. The summed E-state index contributed by atoms with van der Waals surface area (Å²) in [5.74, 6) is -1.14. The number of phenolic OH excluding ortho intramolecular Hbond substituents is 1. The summed E-state index contributed by atoms with van der Waals surface area (Å²) in [6, 6.07) is 6.70. The van der Waals surface area contributed by atoms with Crippen LogP contribution in [0, 0.1) is 0 Å². The number of para-hydroxylation sites is 1. The highest BCUT2D eigenvalue weighted by Crippen LogP contribution is 2.22. The van der Waals surface area contributed by atoms with Crippen LogP contribution in [0.15, 0.2) is 41.5 Å². The molecule has 1 aromatic carbocycles. The Kier molecular flexibility index (Phi) is 6.89. The standard InChI is InChI=1S/C17H20O5/c1-4-21-16(19)11-14(17(20)22-5-2)12(3)10-13-8-6-7-9-15(13)18/h6-11,18H,4-5H2,1-3H3/b12-10+,14-11-. The highest BCUT2D eigenvalue weighted by Gasteiger charge is 2.15. The topological polar surface area (TPSA) is 72.8 Å². The van der Waals surface area contributed by atoms with Gasteiger partial charge in [-0.05, 0) is 38.5 Å². The third kappa shape index (κ3) is 5.09. The van der Waals surface area contributed by atoms with Crippen LogP contribution in [0.25, 0.3) is 6.08 Å². The van der Waals surface area contributed by atoms with Crippen molar-refractivity contribution in [2.24, 2.45) is 0 Å². The molecule has 0 amide bonds. The smallest absolute Gasteiger partial charge is 0.338 e. The van der Waals surface area contributed by atoms with Gasteiger partial charge in [0.15, 0.2) is 0 Å². The Morgan fingerprint density at radius 1 is 1.14 bits per heavy atom. The maximum Gasteiger partial charge on any atom is 0.338 e. The molecule has 5 nitrogen and oxygen atoms in total. The summed E-state index contributed by atoms with van der Waals surface area (Å²) in [6.45, 7) is 5.44. The first-order valence-electron chi connectivity index (χ1n) is 7.01. The Bertz CT molecular complexity index is 599. The first kappa shape index (κ1) is 17.5. The van der Waals surface area contributed by atoms with Gasteiger partial charge in [-0.2, -0.15) is 0 Å². The minimum absolute atomic E-state index is 0.0844. The van der Waals surface area contributed by atoms with Crippen molar-refractivity contribution in [2.75, 3.05) is 13.2 Å². The summed E-state index contributed by atoms with van der Waals surface area (Å²) < 4.78 is 9.78. The number of ether oxygens (including phenoxy) is 2. The second-order valence-corrected chi connectivity index (χ2v) is 4.42. The monoisotopic (exact) mass is 304 g/mol. The molecule has 0 aliphatic heterocycles. The number of esters is 2. The van der Waals surface area contributed by atoms with Crippen molar-refractivity contribution in [3.05, 3.63) is 47.1 Å². The number of carbonyl (C=O) groups excluding carboxylic acids is 2. The first-order chi connectivity index (χ1) is 10.5. The lowest BCUT2D eigenvalue weighted by atomic mass is 10.0. The Labute approximate surface area is 129 Å². The molecule has 0 aliphatic rings. The molecule has 5 heteroatoms. The quantitative estimate of drug-likeness (QED) is 0.497. The molecule has 1 aromatic rings. The van der Waals surface area contributed by atoms with Gasteiger partial charge in [0.25, 0.3) is 0 Å². The van der Waals surface area contributed by atoms with Gasteiger partial charge in [-0.15, -0.1) is 0 Å². The number of benzene rings is 1. The maximum absolute atomic E-state index is 12.0. The molecule has 1 rings (SSSR count). The highest BCUT2D eigenvalue weighted by molar-refractivity contribution is 6.01. The van der Waals surface area contributed by atoms with E-state index in [0.29, 0.717) is 11.1 Å². The molecule has 0 unspecified atom stereocenters. The molecule has 0 heterocycles. The van der Waals surface area contributed by atoms with Gasteiger partial charge in [-0.3, -0.25) is 0 Å². The Balaban J connectivity index is 3.17. The molecular formula is C17H20O5. The van der Waals surface area contributed by atoms with E-state index in [1.165, 1.54) is 6.07 Å². The van der Waals surface area contributed by atoms with E-state index in [2.05, 4.69) is 0 Å². The molecule has 0 fully saturated rings. The van der Waals surface area contributed by atoms with Crippen molar-refractivity contribution in [1.82, 2.24) is 0 Å². The molecule has 118 valence electrons. The molecule has 0 spiro atoms. The zero-order chi connectivity index (χ0) is 16.5. The lowest BCUT2D eigenvalue weighted by Crippen LogP contribution is -2.12. The van der Waals surface area contributed by atoms with E-state index in [1.54, 1.807) is 45.0 Å². The molecule has 0 saturated carbocycles. The largest absolute Gasteiger partial charge is 0.507 e. The van der Waals surface area contributed by atoms with Crippen LogP contribution in [0.4, 0.5) is 0 Å². The minimum atomic E-state index is -0.615. The zero-order valence-corrected chi connectivity index (χ0v) is 13.0. The summed E-state index contributed by atoms with van der Waals surface area (Å²) in [5, 5.41) is 9.78. The van der Waals surface area contributed by atoms with Crippen molar-refractivity contribution in [2.45, 2.75) is 20.8 Å². The maximum atomic E-state index is 12.0. The Morgan fingerprint density at radius 2 is 1.77 bits per heavy atom. The van der Waals surface area contributed by atoms with Gasteiger partial charge < -0.3 is 14.6 Å². The van der Waals surface area contributed by atoms with Gasteiger partial charge >= 0.3 is 11.9 Å². The van der Waals surface area contributed by atoms with Crippen LogP contribution in [0.5, 0.6) is 5.75 Å². The molecule has 0 bridgehead atoms. The van der Waals surface area contributed by atoms with Crippen LogP contribution >= 0.6 is 0 Å². The van der Waals surface area contributed by atoms with E-state index in [9.17, 15) is 14.7 Å². The third-order valence-corrected chi connectivity index (χ3v) is 2.78. The third-order valence-electron chi connectivity index (χ3n) is 2.78. The second kappa shape index (κ2) is 8.67. The number of carbonyl (C=O) groups is 2. The SMILES string of the molecule is CCOC(=O)/C=C(C(=O)OCC)/C(C)=C/c1ccccc1O. The van der Waals surface area contributed by atoms with Gasteiger partial charge in [0.1, 0.15) is 5.75 Å². The van der Waals surface area contributed by atoms with Crippen LogP contribution < -0.4 is 0 Å². The highest BCUT2D eigenvalue weighted by atomic mass is 16.5. The van der Waals surface area contributed by atoms with Gasteiger partial charge in [0.05, 0.1) is 18.8 Å². The zero-order valence-electron chi connectivity index (χ0n) is 13.0. The average Bonchev–Trinajstić information content (AvgIpc) is 2.47. The summed E-state index contributed by atoms with van der Waals surface area (Å²) >= 11 is 0. The summed E-state index contributed by atoms with van der Waals surface area (Å²) in [6.07, 6.45) is 2.71. The van der Waals surface area contributed by atoms with Gasteiger partial charge in [0.2, 0.25) is 0 Å². The van der Waals surface area contributed by atoms with Crippen molar-refractivity contribution in [3.8, 4) is 5.75 Å². The number of rotatable bonds is 6.